The van der Waals surface area contributed by atoms with Crippen molar-refractivity contribution in [3.8, 4) is 0 Å². The normalized spacial score (nSPS) is 14.9. The van der Waals surface area contributed by atoms with Crippen molar-refractivity contribution in [2.24, 2.45) is 10.9 Å². The van der Waals surface area contributed by atoms with E-state index < -0.39 is 0 Å². The highest BCUT2D eigenvalue weighted by Gasteiger charge is 2.20. The molecule has 1 N–H and O–H groups in total. The van der Waals surface area contributed by atoms with Gasteiger partial charge in [-0.25, -0.2) is 0 Å². The SMILES string of the molecule is C=CCCCN(C)C(=NC)NCCCC1CC1.I. The van der Waals surface area contributed by atoms with Crippen LogP contribution in [0, 0.1) is 5.92 Å². The fraction of sp³-hybridized carbons (Fsp3) is 0.786. The molecule has 1 rings (SSSR count). The molecular weight excluding hydrogens is 337 g/mol. The number of guanidine groups is 1. The molecule has 18 heavy (non-hydrogen) atoms. The minimum atomic E-state index is 0. The molecule has 0 aromatic carbocycles. The van der Waals surface area contributed by atoms with E-state index in [1.807, 2.05) is 13.1 Å². The maximum absolute atomic E-state index is 4.30. The van der Waals surface area contributed by atoms with Gasteiger partial charge in [0.25, 0.3) is 0 Å². The second-order valence-electron chi connectivity index (χ2n) is 4.91. The number of allylic oxidation sites excluding steroid dienone is 1. The number of halogens is 1. The molecule has 1 aliphatic rings. The van der Waals surface area contributed by atoms with Crippen LogP contribution in [0.15, 0.2) is 17.6 Å². The quantitative estimate of drug-likeness (QED) is 0.235. The van der Waals surface area contributed by atoms with Gasteiger partial charge in [-0.15, -0.1) is 30.6 Å². The monoisotopic (exact) mass is 365 g/mol. The minimum absolute atomic E-state index is 0. The highest BCUT2D eigenvalue weighted by molar-refractivity contribution is 14.0. The molecule has 0 amide bonds. The molecule has 0 radical (unpaired) electrons. The lowest BCUT2D eigenvalue weighted by atomic mass is 10.2. The van der Waals surface area contributed by atoms with Gasteiger partial charge in [0, 0.05) is 27.2 Å². The standard InChI is InChI=1S/C14H27N3.HI/c1-4-5-6-12-17(3)14(15-2)16-11-7-8-13-9-10-13;/h4,13H,1,5-12H2,2-3H3,(H,15,16);1H. The number of nitrogens with zero attached hydrogens (tertiary/aromatic N) is 2. The zero-order chi connectivity index (χ0) is 12.5. The van der Waals surface area contributed by atoms with E-state index in [1.54, 1.807) is 0 Å². The summed E-state index contributed by atoms with van der Waals surface area (Å²) in [7, 11) is 3.95. The summed E-state index contributed by atoms with van der Waals surface area (Å²) in [4.78, 5) is 6.50. The molecule has 4 heteroatoms. The number of aliphatic imine (C=N–C) groups is 1. The largest absolute Gasteiger partial charge is 0.356 e. The fourth-order valence-corrected chi connectivity index (χ4v) is 1.96. The van der Waals surface area contributed by atoms with E-state index in [0.29, 0.717) is 0 Å². The smallest absolute Gasteiger partial charge is 0.193 e. The van der Waals surface area contributed by atoms with E-state index in [0.717, 1.165) is 37.8 Å². The van der Waals surface area contributed by atoms with Crippen molar-refractivity contribution in [2.75, 3.05) is 27.2 Å². The molecule has 0 aliphatic heterocycles. The molecule has 3 nitrogen and oxygen atoms in total. The zero-order valence-corrected chi connectivity index (χ0v) is 14.2. The third-order valence-electron chi connectivity index (χ3n) is 3.24. The molecule has 0 saturated heterocycles. The number of hydrogen-bond donors (Lipinski definition) is 1. The molecule has 0 spiro atoms. The van der Waals surface area contributed by atoms with E-state index in [4.69, 9.17) is 0 Å². The topological polar surface area (TPSA) is 27.6 Å². The van der Waals surface area contributed by atoms with Gasteiger partial charge in [0.2, 0.25) is 0 Å². The van der Waals surface area contributed by atoms with Crippen molar-refractivity contribution in [1.82, 2.24) is 10.2 Å². The van der Waals surface area contributed by atoms with Crippen LogP contribution in [0.3, 0.4) is 0 Å². The van der Waals surface area contributed by atoms with Crippen molar-refractivity contribution < 1.29 is 0 Å². The molecule has 0 bridgehead atoms. The summed E-state index contributed by atoms with van der Waals surface area (Å²) in [6.45, 7) is 5.83. The number of unbranched alkanes of at least 4 members (excludes halogenated alkanes) is 1. The summed E-state index contributed by atoms with van der Waals surface area (Å²) in [5, 5.41) is 3.43. The summed E-state index contributed by atoms with van der Waals surface area (Å²) in [6, 6.07) is 0. The Balaban J connectivity index is 0.00000289. The molecular formula is C14H28IN3. The molecule has 106 valence electrons. The minimum Gasteiger partial charge on any atom is -0.356 e. The van der Waals surface area contributed by atoms with E-state index in [2.05, 4.69) is 28.8 Å². The Morgan fingerprint density at radius 3 is 2.72 bits per heavy atom. The summed E-state index contributed by atoms with van der Waals surface area (Å²) in [5.74, 6) is 2.05. The van der Waals surface area contributed by atoms with Gasteiger partial charge in [-0.1, -0.05) is 18.9 Å². The van der Waals surface area contributed by atoms with Crippen molar-refractivity contribution in [3.63, 3.8) is 0 Å². The van der Waals surface area contributed by atoms with Crippen molar-refractivity contribution in [3.05, 3.63) is 12.7 Å². The van der Waals surface area contributed by atoms with Gasteiger partial charge in [0.15, 0.2) is 5.96 Å². The molecule has 0 aromatic rings. The van der Waals surface area contributed by atoms with Crippen LogP contribution in [0.5, 0.6) is 0 Å². The average molecular weight is 365 g/mol. The van der Waals surface area contributed by atoms with Crippen LogP contribution >= 0.6 is 24.0 Å². The Labute approximate surface area is 129 Å². The Bertz CT molecular complexity index is 249. The molecule has 0 heterocycles. The molecule has 0 aromatic heterocycles. The lowest BCUT2D eigenvalue weighted by Crippen LogP contribution is -2.39. The van der Waals surface area contributed by atoms with E-state index in [-0.39, 0.29) is 24.0 Å². The van der Waals surface area contributed by atoms with Crippen LogP contribution in [0.25, 0.3) is 0 Å². The first-order chi connectivity index (χ1) is 8.27. The zero-order valence-electron chi connectivity index (χ0n) is 11.8. The van der Waals surface area contributed by atoms with Gasteiger partial charge in [-0.3, -0.25) is 4.99 Å². The molecule has 1 saturated carbocycles. The van der Waals surface area contributed by atoms with Crippen LogP contribution in [-0.2, 0) is 0 Å². The third kappa shape index (κ3) is 7.95. The molecule has 1 fully saturated rings. The van der Waals surface area contributed by atoms with Crippen LogP contribution in [0.2, 0.25) is 0 Å². The predicted octanol–water partition coefficient (Wildman–Crippen LogP) is 3.27. The van der Waals surface area contributed by atoms with Crippen LogP contribution in [0.1, 0.15) is 38.5 Å². The van der Waals surface area contributed by atoms with Gasteiger partial charge in [-0.05, 0) is 31.6 Å². The van der Waals surface area contributed by atoms with Gasteiger partial charge in [-0.2, -0.15) is 0 Å². The highest BCUT2D eigenvalue weighted by atomic mass is 127. The number of hydrogen-bond acceptors (Lipinski definition) is 1. The predicted molar refractivity (Wildman–Crippen MR) is 90.8 cm³/mol. The Morgan fingerprint density at radius 1 is 1.44 bits per heavy atom. The van der Waals surface area contributed by atoms with Crippen LogP contribution in [0.4, 0.5) is 0 Å². The van der Waals surface area contributed by atoms with Crippen molar-refractivity contribution in [1.29, 1.82) is 0 Å². The highest BCUT2D eigenvalue weighted by Crippen LogP contribution is 2.33. The summed E-state index contributed by atoms with van der Waals surface area (Å²) < 4.78 is 0. The second kappa shape index (κ2) is 10.6. The van der Waals surface area contributed by atoms with Gasteiger partial charge in [0.05, 0.1) is 0 Å². The first-order valence-electron chi connectivity index (χ1n) is 6.80. The number of rotatable bonds is 8. The van der Waals surface area contributed by atoms with E-state index in [9.17, 15) is 0 Å². The third-order valence-corrected chi connectivity index (χ3v) is 3.24. The first-order valence-corrected chi connectivity index (χ1v) is 6.80. The molecule has 0 atom stereocenters. The lowest BCUT2D eigenvalue weighted by Gasteiger charge is -2.21. The Morgan fingerprint density at radius 2 is 2.17 bits per heavy atom. The van der Waals surface area contributed by atoms with Gasteiger partial charge in [0.1, 0.15) is 0 Å². The van der Waals surface area contributed by atoms with Gasteiger partial charge < -0.3 is 10.2 Å². The molecule has 0 unspecified atom stereocenters. The van der Waals surface area contributed by atoms with Gasteiger partial charge >= 0.3 is 0 Å². The summed E-state index contributed by atoms with van der Waals surface area (Å²) in [6.07, 6.45) is 9.74. The average Bonchev–Trinajstić information content (AvgIpc) is 3.13. The summed E-state index contributed by atoms with van der Waals surface area (Å²) >= 11 is 0. The summed E-state index contributed by atoms with van der Waals surface area (Å²) in [5.41, 5.74) is 0. The molecule has 1 aliphatic carbocycles. The second-order valence-corrected chi connectivity index (χ2v) is 4.91. The Hall–Kier alpha value is -0.260. The van der Waals surface area contributed by atoms with E-state index >= 15 is 0 Å². The number of nitrogens with one attached hydrogen (secondary N) is 1. The maximum Gasteiger partial charge on any atom is 0.193 e. The lowest BCUT2D eigenvalue weighted by molar-refractivity contribution is 0.467. The van der Waals surface area contributed by atoms with Crippen molar-refractivity contribution in [2.45, 2.75) is 38.5 Å². The van der Waals surface area contributed by atoms with E-state index in [1.165, 1.54) is 25.7 Å². The van der Waals surface area contributed by atoms with Crippen LogP contribution in [-0.4, -0.2) is 38.0 Å². The Kier molecular flexibility index (Phi) is 10.5. The van der Waals surface area contributed by atoms with Crippen LogP contribution < -0.4 is 5.32 Å². The maximum atomic E-state index is 4.30. The van der Waals surface area contributed by atoms with Crippen molar-refractivity contribution >= 4 is 29.9 Å². The first kappa shape index (κ1) is 17.7. The fourth-order valence-electron chi connectivity index (χ4n) is 1.96.